The van der Waals surface area contributed by atoms with Crippen molar-refractivity contribution in [2.24, 2.45) is 0 Å². The van der Waals surface area contributed by atoms with Gasteiger partial charge in [0.15, 0.2) is 5.16 Å². The van der Waals surface area contributed by atoms with Crippen LogP contribution in [0.25, 0.3) is 0 Å². The highest BCUT2D eigenvalue weighted by molar-refractivity contribution is 7.99. The molecule has 2 aromatic heterocycles. The Bertz CT molecular complexity index is 512. The predicted octanol–water partition coefficient (Wildman–Crippen LogP) is 1.91. The maximum absolute atomic E-state index is 10.6. The van der Waals surface area contributed by atoms with Crippen molar-refractivity contribution in [1.82, 2.24) is 19.7 Å². The molecule has 0 saturated carbocycles. The Morgan fingerprint density at radius 2 is 2.50 bits per heavy atom. The summed E-state index contributed by atoms with van der Waals surface area (Å²) in [4.78, 5) is 14.9. The highest BCUT2D eigenvalue weighted by atomic mass is 32.2. The van der Waals surface area contributed by atoms with E-state index in [1.165, 1.54) is 11.8 Å². The number of nitrogens with zero attached hydrogens (tertiary/aromatic N) is 4. The van der Waals surface area contributed by atoms with Gasteiger partial charge in [0.1, 0.15) is 11.3 Å². The number of aliphatic carboxylic acids is 1. The van der Waals surface area contributed by atoms with Crippen LogP contribution in [0, 0.1) is 0 Å². The smallest absolute Gasteiger partial charge is 0.313 e. The third-order valence-corrected chi connectivity index (χ3v) is 4.14. The number of carboxylic acids is 1. The molecule has 0 aliphatic rings. The second-order valence-electron chi connectivity index (χ2n) is 3.50. The van der Waals surface area contributed by atoms with Gasteiger partial charge in [0.2, 0.25) is 0 Å². The van der Waals surface area contributed by atoms with Gasteiger partial charge < -0.3 is 5.11 Å². The van der Waals surface area contributed by atoms with Gasteiger partial charge in [-0.15, -0.1) is 21.5 Å². The first-order chi connectivity index (χ1) is 8.72. The fourth-order valence-corrected chi connectivity index (χ4v) is 3.07. The van der Waals surface area contributed by atoms with Crippen LogP contribution in [0.2, 0.25) is 0 Å². The van der Waals surface area contributed by atoms with Crippen LogP contribution in [0.3, 0.4) is 0 Å². The van der Waals surface area contributed by atoms with Gasteiger partial charge in [0.25, 0.3) is 0 Å². The first-order valence-electron chi connectivity index (χ1n) is 5.35. The number of carbonyl (C=O) groups is 1. The fourth-order valence-electron chi connectivity index (χ4n) is 1.56. The van der Waals surface area contributed by atoms with Crippen molar-refractivity contribution in [3.05, 3.63) is 22.9 Å². The molecule has 0 saturated heterocycles. The van der Waals surface area contributed by atoms with Crippen molar-refractivity contribution in [3.63, 3.8) is 0 Å². The van der Waals surface area contributed by atoms with Gasteiger partial charge in [0.05, 0.1) is 11.8 Å². The van der Waals surface area contributed by atoms with E-state index < -0.39 is 5.97 Å². The van der Waals surface area contributed by atoms with Gasteiger partial charge >= 0.3 is 5.97 Å². The van der Waals surface area contributed by atoms with E-state index >= 15 is 0 Å². The second-order valence-corrected chi connectivity index (χ2v) is 5.37. The minimum Gasteiger partial charge on any atom is -0.481 e. The molecular formula is C10H12N4O2S2. The Kier molecular flexibility index (Phi) is 4.32. The summed E-state index contributed by atoms with van der Waals surface area (Å²) in [6, 6.07) is 0.0660. The number of aromatic nitrogens is 4. The molecule has 0 spiro atoms. The topological polar surface area (TPSA) is 80.9 Å². The summed E-state index contributed by atoms with van der Waals surface area (Å²) in [5, 5.41) is 20.0. The minimum absolute atomic E-state index is 0.0208. The van der Waals surface area contributed by atoms with E-state index in [0.29, 0.717) is 5.16 Å². The Hall–Kier alpha value is -1.41. The van der Waals surface area contributed by atoms with E-state index in [2.05, 4.69) is 22.1 Å². The van der Waals surface area contributed by atoms with Crippen LogP contribution < -0.4 is 0 Å². The number of thiazole rings is 1. The van der Waals surface area contributed by atoms with Crippen LogP contribution in [0.5, 0.6) is 0 Å². The molecule has 1 N–H and O–H groups in total. The lowest BCUT2D eigenvalue weighted by Crippen LogP contribution is -2.10. The predicted molar refractivity (Wildman–Crippen MR) is 68.9 cm³/mol. The van der Waals surface area contributed by atoms with Crippen molar-refractivity contribution >= 4 is 29.1 Å². The van der Waals surface area contributed by atoms with Crippen LogP contribution in [0.15, 0.2) is 23.1 Å². The van der Waals surface area contributed by atoms with Gasteiger partial charge in [-0.3, -0.25) is 9.36 Å². The van der Waals surface area contributed by atoms with Crippen LogP contribution in [0.4, 0.5) is 0 Å². The van der Waals surface area contributed by atoms with Crippen molar-refractivity contribution in [2.75, 3.05) is 5.75 Å². The average molecular weight is 284 g/mol. The van der Waals surface area contributed by atoms with E-state index in [1.807, 2.05) is 9.95 Å². The Morgan fingerprint density at radius 1 is 1.67 bits per heavy atom. The van der Waals surface area contributed by atoms with Crippen molar-refractivity contribution in [1.29, 1.82) is 0 Å². The fraction of sp³-hybridized carbons (Fsp3) is 0.400. The normalized spacial score (nSPS) is 12.5. The Labute approximate surface area is 112 Å². The molecule has 2 aromatic rings. The maximum Gasteiger partial charge on any atom is 0.313 e. The third kappa shape index (κ3) is 2.88. The highest BCUT2D eigenvalue weighted by Crippen LogP contribution is 2.27. The zero-order chi connectivity index (χ0) is 13.0. The molecule has 0 radical (unpaired) electrons. The van der Waals surface area contributed by atoms with Gasteiger partial charge in [-0.1, -0.05) is 18.7 Å². The quantitative estimate of drug-likeness (QED) is 0.816. The van der Waals surface area contributed by atoms with E-state index in [0.717, 1.165) is 11.4 Å². The maximum atomic E-state index is 10.6. The second kappa shape index (κ2) is 5.96. The minimum atomic E-state index is -0.864. The molecule has 0 bridgehead atoms. The summed E-state index contributed by atoms with van der Waals surface area (Å²) in [7, 11) is 0. The number of thioether (sulfide) groups is 1. The molecule has 0 aliphatic heterocycles. The average Bonchev–Trinajstić information content (AvgIpc) is 2.99. The molecule has 2 rings (SSSR count). The van der Waals surface area contributed by atoms with E-state index in [9.17, 15) is 4.79 Å². The summed E-state index contributed by atoms with van der Waals surface area (Å²) < 4.78 is 1.88. The monoisotopic (exact) mass is 284 g/mol. The molecule has 18 heavy (non-hydrogen) atoms. The number of hydrogen-bond acceptors (Lipinski definition) is 6. The molecular weight excluding hydrogens is 272 g/mol. The molecule has 1 unspecified atom stereocenters. The summed E-state index contributed by atoms with van der Waals surface area (Å²) >= 11 is 2.74. The van der Waals surface area contributed by atoms with Crippen molar-refractivity contribution < 1.29 is 9.90 Å². The van der Waals surface area contributed by atoms with Crippen LogP contribution >= 0.6 is 23.1 Å². The lowest BCUT2D eigenvalue weighted by atomic mass is 10.2. The van der Waals surface area contributed by atoms with Gasteiger partial charge in [0, 0.05) is 11.6 Å². The van der Waals surface area contributed by atoms with E-state index in [1.54, 1.807) is 23.9 Å². The van der Waals surface area contributed by atoms with Crippen molar-refractivity contribution in [3.8, 4) is 0 Å². The zero-order valence-electron chi connectivity index (χ0n) is 9.68. The zero-order valence-corrected chi connectivity index (χ0v) is 11.3. The van der Waals surface area contributed by atoms with Crippen LogP contribution in [-0.4, -0.2) is 36.6 Å². The first-order valence-corrected chi connectivity index (χ1v) is 7.22. The van der Waals surface area contributed by atoms with Gasteiger partial charge in [-0.25, -0.2) is 4.98 Å². The largest absolute Gasteiger partial charge is 0.481 e. The van der Waals surface area contributed by atoms with Gasteiger partial charge in [-0.05, 0) is 6.42 Å². The number of rotatable bonds is 6. The van der Waals surface area contributed by atoms with Crippen LogP contribution in [0.1, 0.15) is 24.4 Å². The standard InChI is InChI=1S/C10H12N4O2S2/c1-2-7(9-11-3-4-17-9)14-6-12-13-10(14)18-5-8(15)16/h3-4,6-7H,2,5H2,1H3,(H,15,16). The highest BCUT2D eigenvalue weighted by Gasteiger charge is 2.18. The Morgan fingerprint density at radius 3 is 3.11 bits per heavy atom. The molecule has 96 valence electrons. The molecule has 0 fully saturated rings. The molecule has 6 nitrogen and oxygen atoms in total. The molecule has 0 amide bonds. The van der Waals surface area contributed by atoms with Gasteiger partial charge in [-0.2, -0.15) is 0 Å². The lowest BCUT2D eigenvalue weighted by molar-refractivity contribution is -0.133. The third-order valence-electron chi connectivity index (χ3n) is 2.32. The summed E-state index contributed by atoms with van der Waals surface area (Å²) in [6.45, 7) is 2.05. The number of carboxylic acid groups (broad SMARTS) is 1. The lowest BCUT2D eigenvalue weighted by Gasteiger charge is -2.15. The molecule has 0 aromatic carbocycles. The Balaban J connectivity index is 2.21. The molecule has 0 aliphatic carbocycles. The first kappa shape index (κ1) is 13.0. The van der Waals surface area contributed by atoms with E-state index in [-0.39, 0.29) is 11.8 Å². The van der Waals surface area contributed by atoms with Crippen molar-refractivity contribution in [2.45, 2.75) is 24.5 Å². The molecule has 1 atom stereocenters. The number of hydrogen-bond donors (Lipinski definition) is 1. The summed E-state index contributed by atoms with van der Waals surface area (Å²) in [5.41, 5.74) is 0. The summed E-state index contributed by atoms with van der Waals surface area (Å²) in [5.74, 6) is -0.885. The molecule has 8 heteroatoms. The SMILES string of the molecule is CCC(c1nccs1)n1cnnc1SCC(=O)O. The summed E-state index contributed by atoms with van der Waals surface area (Å²) in [6.07, 6.45) is 4.24. The van der Waals surface area contributed by atoms with Crippen LogP contribution in [-0.2, 0) is 4.79 Å². The van der Waals surface area contributed by atoms with E-state index in [4.69, 9.17) is 5.11 Å². The molecule has 2 heterocycles.